The van der Waals surface area contributed by atoms with E-state index in [9.17, 15) is 13.2 Å². The van der Waals surface area contributed by atoms with Crippen LogP contribution < -0.4 is 14.8 Å². The highest BCUT2D eigenvalue weighted by Crippen LogP contribution is 2.23. The van der Waals surface area contributed by atoms with Gasteiger partial charge < -0.3 is 10.1 Å². The van der Waals surface area contributed by atoms with Crippen LogP contribution in [-0.2, 0) is 16.6 Å². The zero-order valence-electron chi connectivity index (χ0n) is 18.6. The number of nitrogens with zero attached hydrogens (tertiary/aromatic N) is 3. The molecule has 2 aromatic heterocycles. The second-order valence-electron chi connectivity index (χ2n) is 7.53. The van der Waals surface area contributed by atoms with Gasteiger partial charge in [-0.15, -0.1) is 0 Å². The number of carbonyl (C=O) groups is 1. The van der Waals surface area contributed by atoms with Gasteiger partial charge >= 0.3 is 0 Å². The first-order chi connectivity index (χ1) is 16.3. The highest BCUT2D eigenvalue weighted by molar-refractivity contribution is 7.92. The Labute approximate surface area is 197 Å². The van der Waals surface area contributed by atoms with Gasteiger partial charge in [0.15, 0.2) is 5.82 Å². The van der Waals surface area contributed by atoms with Crippen molar-refractivity contribution >= 4 is 27.4 Å². The van der Waals surface area contributed by atoms with Crippen molar-refractivity contribution < 1.29 is 17.9 Å². The molecule has 0 aliphatic rings. The maximum atomic E-state index is 13.0. The number of amides is 1. The lowest BCUT2D eigenvalue weighted by Crippen LogP contribution is -2.17. The molecule has 4 aromatic rings. The van der Waals surface area contributed by atoms with Crippen molar-refractivity contribution in [3.05, 3.63) is 95.9 Å². The molecule has 0 spiro atoms. The molecule has 1 amide bonds. The van der Waals surface area contributed by atoms with Crippen molar-refractivity contribution in [3.8, 4) is 5.75 Å². The molecule has 4 rings (SSSR count). The minimum absolute atomic E-state index is 0.0121. The summed E-state index contributed by atoms with van der Waals surface area (Å²) in [6.45, 7) is 2.18. The van der Waals surface area contributed by atoms with E-state index in [4.69, 9.17) is 4.74 Å². The molecule has 0 radical (unpaired) electrons. The fourth-order valence-corrected chi connectivity index (χ4v) is 4.61. The van der Waals surface area contributed by atoms with Crippen LogP contribution in [0.25, 0.3) is 0 Å². The van der Waals surface area contributed by atoms with E-state index in [2.05, 4.69) is 20.1 Å². The molecular weight excluding hydrogens is 454 g/mol. The lowest BCUT2D eigenvalue weighted by atomic mass is 10.1. The molecule has 0 aliphatic carbocycles. The Kier molecular flexibility index (Phi) is 6.60. The molecular formula is C24H23N5O4S. The van der Waals surface area contributed by atoms with Gasteiger partial charge in [-0.05, 0) is 60.5 Å². The third kappa shape index (κ3) is 5.41. The quantitative estimate of drug-likeness (QED) is 0.400. The Morgan fingerprint density at radius 1 is 1.09 bits per heavy atom. The fraction of sp³-hybridized carbons (Fsp3) is 0.125. The molecule has 0 fully saturated rings. The third-order valence-corrected chi connectivity index (χ3v) is 6.55. The molecule has 0 saturated carbocycles. The average molecular weight is 478 g/mol. The van der Waals surface area contributed by atoms with E-state index in [0.29, 0.717) is 29.4 Å². The minimum Gasteiger partial charge on any atom is -0.497 e. The van der Waals surface area contributed by atoms with E-state index < -0.39 is 15.9 Å². The number of benzene rings is 2. The number of carbonyl (C=O) groups excluding carboxylic acids is 1. The van der Waals surface area contributed by atoms with Crippen LogP contribution in [0, 0.1) is 6.92 Å². The first kappa shape index (κ1) is 23.0. The number of pyridine rings is 1. The van der Waals surface area contributed by atoms with Crippen LogP contribution >= 0.6 is 0 Å². The molecule has 174 valence electrons. The lowest BCUT2D eigenvalue weighted by Gasteiger charge is -2.12. The molecule has 2 N–H and O–H groups in total. The summed E-state index contributed by atoms with van der Waals surface area (Å²) < 4.78 is 35.3. The predicted molar refractivity (Wildman–Crippen MR) is 129 cm³/mol. The molecule has 0 bridgehead atoms. The highest BCUT2D eigenvalue weighted by Gasteiger charge is 2.20. The van der Waals surface area contributed by atoms with E-state index in [1.165, 1.54) is 13.2 Å². The number of ether oxygens (including phenoxy) is 1. The Hall–Kier alpha value is -4.18. The number of rotatable bonds is 8. The van der Waals surface area contributed by atoms with Gasteiger partial charge in [0.05, 0.1) is 18.6 Å². The first-order valence-electron chi connectivity index (χ1n) is 10.4. The SMILES string of the molecule is COc1ccc(NS(=O)(=O)c2cc(C(=O)Nc3ccn(Cc4cccnc4)n3)ccc2C)cc1. The van der Waals surface area contributed by atoms with E-state index in [1.807, 2.05) is 12.1 Å². The van der Waals surface area contributed by atoms with Crippen LogP contribution in [0.15, 0.2) is 84.1 Å². The van der Waals surface area contributed by atoms with E-state index >= 15 is 0 Å². The largest absolute Gasteiger partial charge is 0.497 e. The topological polar surface area (TPSA) is 115 Å². The number of methoxy groups -OCH3 is 1. The van der Waals surface area contributed by atoms with Gasteiger partial charge in [0.2, 0.25) is 0 Å². The molecule has 34 heavy (non-hydrogen) atoms. The second-order valence-corrected chi connectivity index (χ2v) is 9.18. The smallest absolute Gasteiger partial charge is 0.262 e. The summed E-state index contributed by atoms with van der Waals surface area (Å²) in [5, 5.41) is 7.06. The summed E-state index contributed by atoms with van der Waals surface area (Å²) in [5.41, 5.74) is 2.07. The molecule has 9 nitrogen and oxygen atoms in total. The zero-order valence-corrected chi connectivity index (χ0v) is 19.4. The Bertz CT molecular complexity index is 1400. The number of hydrogen-bond donors (Lipinski definition) is 2. The monoisotopic (exact) mass is 477 g/mol. The van der Waals surface area contributed by atoms with Crippen LogP contribution in [-0.4, -0.2) is 36.2 Å². The van der Waals surface area contributed by atoms with Crippen LogP contribution in [0.4, 0.5) is 11.5 Å². The lowest BCUT2D eigenvalue weighted by molar-refractivity contribution is 0.102. The maximum Gasteiger partial charge on any atom is 0.262 e. The molecule has 0 atom stereocenters. The maximum absolute atomic E-state index is 13.0. The predicted octanol–water partition coefficient (Wildman–Crippen LogP) is 3.70. The van der Waals surface area contributed by atoms with Gasteiger partial charge in [0, 0.05) is 35.9 Å². The Balaban J connectivity index is 1.49. The average Bonchev–Trinajstić information content (AvgIpc) is 3.26. The number of hydrogen-bond acceptors (Lipinski definition) is 6. The summed E-state index contributed by atoms with van der Waals surface area (Å²) in [7, 11) is -2.39. The molecule has 2 aromatic carbocycles. The van der Waals surface area contributed by atoms with Crippen molar-refractivity contribution in [3.63, 3.8) is 0 Å². The fourth-order valence-electron chi connectivity index (χ4n) is 3.28. The standard InChI is InChI=1S/C24H23N5O4S/c1-17-5-6-19(14-22(17)34(31,32)28-20-7-9-21(33-2)10-8-20)24(30)26-23-11-13-29(27-23)16-18-4-3-12-25-15-18/h3-15,28H,16H2,1-2H3,(H,26,27,30). The minimum atomic E-state index is -3.92. The summed E-state index contributed by atoms with van der Waals surface area (Å²) in [6, 6.07) is 16.5. The normalized spacial score (nSPS) is 11.1. The van der Waals surface area contributed by atoms with Gasteiger partial charge in [-0.1, -0.05) is 12.1 Å². The molecule has 0 aliphatic heterocycles. The van der Waals surface area contributed by atoms with Crippen molar-refractivity contribution in [2.24, 2.45) is 0 Å². The van der Waals surface area contributed by atoms with Crippen LogP contribution in [0.1, 0.15) is 21.5 Å². The van der Waals surface area contributed by atoms with Gasteiger partial charge in [0.25, 0.3) is 15.9 Å². The van der Waals surface area contributed by atoms with Crippen LogP contribution in [0.2, 0.25) is 0 Å². The van der Waals surface area contributed by atoms with Gasteiger partial charge in [-0.3, -0.25) is 19.2 Å². The van der Waals surface area contributed by atoms with Gasteiger partial charge in [0.1, 0.15) is 5.75 Å². The first-order valence-corrected chi connectivity index (χ1v) is 11.8. The highest BCUT2D eigenvalue weighted by atomic mass is 32.2. The van der Waals surface area contributed by atoms with Crippen molar-refractivity contribution in [2.75, 3.05) is 17.1 Å². The van der Waals surface area contributed by atoms with Crippen molar-refractivity contribution in [1.29, 1.82) is 0 Å². The Morgan fingerprint density at radius 2 is 1.88 bits per heavy atom. The zero-order chi connectivity index (χ0) is 24.1. The Morgan fingerprint density at radius 3 is 2.59 bits per heavy atom. The number of nitrogens with one attached hydrogen (secondary N) is 2. The summed E-state index contributed by atoms with van der Waals surface area (Å²) >= 11 is 0. The van der Waals surface area contributed by atoms with Crippen LogP contribution in [0.5, 0.6) is 5.75 Å². The van der Waals surface area contributed by atoms with E-state index in [1.54, 1.807) is 72.7 Å². The number of aryl methyl sites for hydroxylation is 1. The van der Waals surface area contributed by atoms with Crippen LogP contribution in [0.3, 0.4) is 0 Å². The van der Waals surface area contributed by atoms with Crippen molar-refractivity contribution in [2.45, 2.75) is 18.4 Å². The third-order valence-electron chi connectivity index (χ3n) is 5.03. The second kappa shape index (κ2) is 9.75. The molecule has 2 heterocycles. The number of anilines is 2. The summed E-state index contributed by atoms with van der Waals surface area (Å²) in [5.74, 6) is 0.503. The molecule has 0 saturated heterocycles. The summed E-state index contributed by atoms with van der Waals surface area (Å²) in [4.78, 5) is 16.9. The number of aromatic nitrogens is 3. The van der Waals surface area contributed by atoms with E-state index in [-0.39, 0.29) is 10.5 Å². The van der Waals surface area contributed by atoms with Gasteiger partial charge in [-0.2, -0.15) is 5.10 Å². The van der Waals surface area contributed by atoms with Gasteiger partial charge in [-0.25, -0.2) is 8.42 Å². The number of sulfonamides is 1. The summed E-state index contributed by atoms with van der Waals surface area (Å²) in [6.07, 6.45) is 5.18. The van der Waals surface area contributed by atoms with E-state index in [0.717, 1.165) is 5.56 Å². The molecule has 0 unspecified atom stereocenters. The van der Waals surface area contributed by atoms with Crippen molar-refractivity contribution in [1.82, 2.24) is 14.8 Å². The molecule has 10 heteroatoms.